The van der Waals surface area contributed by atoms with Crippen LogP contribution in [0, 0.1) is 0 Å². The van der Waals surface area contributed by atoms with Gasteiger partial charge in [0.05, 0.1) is 11.1 Å². The molecule has 0 aromatic heterocycles. The molecule has 0 radical (unpaired) electrons. The molecule has 1 aliphatic heterocycles. The zero-order chi connectivity index (χ0) is 22.5. The van der Waals surface area contributed by atoms with Crippen molar-refractivity contribution in [3.05, 3.63) is 65.2 Å². The van der Waals surface area contributed by atoms with E-state index in [0.29, 0.717) is 22.4 Å². The fraction of sp³-hybridized carbons (Fsp3) is 0.227. The Kier molecular flexibility index (Phi) is 6.44. The minimum Gasteiger partial charge on any atom is -0.453 e. The van der Waals surface area contributed by atoms with Gasteiger partial charge in [0.15, 0.2) is 6.10 Å². The Morgan fingerprint density at radius 1 is 1.00 bits per heavy atom. The number of hydrogen-bond acceptors (Lipinski definition) is 6. The molecule has 0 saturated heterocycles. The molecule has 0 spiro atoms. The summed E-state index contributed by atoms with van der Waals surface area (Å²) in [5.41, 5.74) is 6.58. The number of imide groups is 1. The molecule has 160 valence electrons. The average molecular weight is 423 g/mol. The molecule has 2 aromatic rings. The van der Waals surface area contributed by atoms with Crippen LogP contribution in [0.25, 0.3) is 0 Å². The molecule has 1 atom stereocenters. The standard InChI is InChI=1S/C22H21N3O6/c1-13(20(28)24-15-10-8-14(9-11-15)19(23)27)31-18(26)7-4-12-25-21(29)16-5-2-3-6-17(16)22(25)30/h2-3,5-6,8-11,13H,4,7,12H2,1H3,(H2,23,27)(H,24,28)/t13-/m0/s1. The Morgan fingerprint density at radius 3 is 2.13 bits per heavy atom. The van der Waals surface area contributed by atoms with Crippen LogP contribution in [0.2, 0.25) is 0 Å². The minimum absolute atomic E-state index is 0.0572. The molecule has 0 aliphatic carbocycles. The van der Waals surface area contributed by atoms with Crippen LogP contribution in [0.3, 0.4) is 0 Å². The molecule has 1 heterocycles. The van der Waals surface area contributed by atoms with Gasteiger partial charge in [-0.15, -0.1) is 0 Å². The second-order valence-electron chi connectivity index (χ2n) is 6.97. The van der Waals surface area contributed by atoms with E-state index < -0.39 is 23.9 Å². The number of esters is 1. The molecule has 0 saturated carbocycles. The van der Waals surface area contributed by atoms with E-state index in [4.69, 9.17) is 10.5 Å². The number of nitrogens with zero attached hydrogens (tertiary/aromatic N) is 1. The Bertz CT molecular complexity index is 1010. The summed E-state index contributed by atoms with van der Waals surface area (Å²) in [6.45, 7) is 1.50. The van der Waals surface area contributed by atoms with Crippen LogP contribution in [0.5, 0.6) is 0 Å². The number of hydrogen-bond donors (Lipinski definition) is 2. The van der Waals surface area contributed by atoms with Crippen LogP contribution in [0.1, 0.15) is 50.8 Å². The van der Waals surface area contributed by atoms with Crippen LogP contribution in [-0.2, 0) is 14.3 Å². The normalized spacial score (nSPS) is 13.5. The van der Waals surface area contributed by atoms with Crippen molar-refractivity contribution in [1.29, 1.82) is 0 Å². The average Bonchev–Trinajstić information content (AvgIpc) is 2.99. The van der Waals surface area contributed by atoms with Crippen molar-refractivity contribution in [3.63, 3.8) is 0 Å². The van der Waals surface area contributed by atoms with E-state index in [0.717, 1.165) is 4.90 Å². The summed E-state index contributed by atoms with van der Waals surface area (Å²) in [6.07, 6.45) is -0.895. The maximum absolute atomic E-state index is 12.3. The predicted octanol–water partition coefficient (Wildman–Crippen LogP) is 1.73. The summed E-state index contributed by atoms with van der Waals surface area (Å²) >= 11 is 0. The number of nitrogens with two attached hydrogens (primary N) is 1. The lowest BCUT2D eigenvalue weighted by Gasteiger charge is -2.15. The summed E-state index contributed by atoms with van der Waals surface area (Å²) in [4.78, 5) is 61.0. The maximum atomic E-state index is 12.3. The lowest BCUT2D eigenvalue weighted by molar-refractivity contribution is -0.153. The fourth-order valence-electron chi connectivity index (χ4n) is 3.10. The first-order chi connectivity index (χ1) is 14.8. The Labute approximate surface area is 178 Å². The number of anilines is 1. The van der Waals surface area contributed by atoms with E-state index in [1.54, 1.807) is 24.3 Å². The number of carbonyl (C=O) groups is 5. The summed E-state index contributed by atoms with van der Waals surface area (Å²) in [7, 11) is 0. The van der Waals surface area contributed by atoms with Crippen molar-refractivity contribution in [2.24, 2.45) is 5.73 Å². The molecule has 3 rings (SSSR count). The van der Waals surface area contributed by atoms with Crippen molar-refractivity contribution in [2.45, 2.75) is 25.9 Å². The van der Waals surface area contributed by atoms with Gasteiger partial charge in [-0.1, -0.05) is 12.1 Å². The zero-order valence-electron chi connectivity index (χ0n) is 16.8. The van der Waals surface area contributed by atoms with Crippen molar-refractivity contribution in [1.82, 2.24) is 4.90 Å². The zero-order valence-corrected chi connectivity index (χ0v) is 16.8. The first-order valence-electron chi connectivity index (χ1n) is 9.63. The number of ether oxygens (including phenoxy) is 1. The van der Waals surface area contributed by atoms with E-state index in [1.807, 2.05) is 0 Å². The fourth-order valence-corrected chi connectivity index (χ4v) is 3.10. The van der Waals surface area contributed by atoms with Crippen LogP contribution >= 0.6 is 0 Å². The molecule has 9 nitrogen and oxygen atoms in total. The number of amides is 4. The molecule has 4 amide bonds. The monoisotopic (exact) mass is 423 g/mol. The lowest BCUT2D eigenvalue weighted by Crippen LogP contribution is -2.32. The Hall–Kier alpha value is -4.01. The number of benzene rings is 2. The van der Waals surface area contributed by atoms with Gasteiger partial charge in [0.1, 0.15) is 0 Å². The highest BCUT2D eigenvalue weighted by Crippen LogP contribution is 2.22. The first kappa shape index (κ1) is 21.7. The van der Waals surface area contributed by atoms with Crippen molar-refractivity contribution >= 4 is 35.3 Å². The van der Waals surface area contributed by atoms with Gasteiger partial charge < -0.3 is 15.8 Å². The van der Waals surface area contributed by atoms with Crippen LogP contribution in [0.15, 0.2) is 48.5 Å². The summed E-state index contributed by atoms with van der Waals surface area (Å²) in [6, 6.07) is 12.5. The molecular weight excluding hydrogens is 402 g/mol. The first-order valence-corrected chi connectivity index (χ1v) is 9.63. The van der Waals surface area contributed by atoms with Crippen molar-refractivity contribution < 1.29 is 28.7 Å². The van der Waals surface area contributed by atoms with Crippen LogP contribution in [-0.4, -0.2) is 47.1 Å². The highest BCUT2D eigenvalue weighted by Gasteiger charge is 2.34. The smallest absolute Gasteiger partial charge is 0.306 e. The molecule has 2 aromatic carbocycles. The highest BCUT2D eigenvalue weighted by molar-refractivity contribution is 6.21. The van der Waals surface area contributed by atoms with Crippen molar-refractivity contribution in [3.8, 4) is 0 Å². The van der Waals surface area contributed by atoms with Gasteiger partial charge in [-0.3, -0.25) is 28.9 Å². The van der Waals surface area contributed by atoms with E-state index in [1.165, 1.54) is 31.2 Å². The van der Waals surface area contributed by atoms with E-state index in [-0.39, 0.29) is 31.2 Å². The molecule has 31 heavy (non-hydrogen) atoms. The van der Waals surface area contributed by atoms with E-state index in [2.05, 4.69) is 5.32 Å². The van der Waals surface area contributed by atoms with Crippen molar-refractivity contribution in [2.75, 3.05) is 11.9 Å². The molecular formula is C22H21N3O6. The second kappa shape index (κ2) is 9.21. The number of carbonyl (C=O) groups excluding carboxylic acids is 5. The Morgan fingerprint density at radius 2 is 1.58 bits per heavy atom. The minimum atomic E-state index is -1.05. The number of primary amides is 1. The number of fused-ring (bicyclic) bond motifs is 1. The summed E-state index contributed by atoms with van der Waals surface area (Å²) in [5.74, 6) is -2.52. The maximum Gasteiger partial charge on any atom is 0.306 e. The third-order valence-corrected chi connectivity index (χ3v) is 4.76. The Balaban J connectivity index is 1.44. The predicted molar refractivity (Wildman–Crippen MR) is 110 cm³/mol. The quantitative estimate of drug-likeness (QED) is 0.490. The van der Waals surface area contributed by atoms with Crippen LogP contribution in [0.4, 0.5) is 5.69 Å². The largest absolute Gasteiger partial charge is 0.453 e. The molecule has 9 heteroatoms. The lowest BCUT2D eigenvalue weighted by atomic mass is 10.1. The van der Waals surface area contributed by atoms with Gasteiger partial charge in [-0.05, 0) is 49.7 Å². The summed E-state index contributed by atoms with van der Waals surface area (Å²) < 4.78 is 5.11. The SMILES string of the molecule is C[C@H](OC(=O)CCCN1C(=O)c2ccccc2C1=O)C(=O)Nc1ccc(C(N)=O)cc1. The van der Waals surface area contributed by atoms with Crippen LogP contribution < -0.4 is 11.1 Å². The molecule has 0 unspecified atom stereocenters. The topological polar surface area (TPSA) is 136 Å². The van der Waals surface area contributed by atoms with Gasteiger partial charge in [0.25, 0.3) is 17.7 Å². The second-order valence-corrected chi connectivity index (χ2v) is 6.97. The molecule has 3 N–H and O–H groups in total. The van der Waals surface area contributed by atoms with E-state index in [9.17, 15) is 24.0 Å². The van der Waals surface area contributed by atoms with Gasteiger partial charge in [-0.25, -0.2) is 0 Å². The van der Waals surface area contributed by atoms with Gasteiger partial charge in [-0.2, -0.15) is 0 Å². The number of rotatable bonds is 8. The molecule has 0 bridgehead atoms. The van der Waals surface area contributed by atoms with Gasteiger partial charge in [0, 0.05) is 24.2 Å². The van der Waals surface area contributed by atoms with Gasteiger partial charge >= 0.3 is 5.97 Å². The number of nitrogens with one attached hydrogen (secondary N) is 1. The molecule has 0 fully saturated rings. The third-order valence-electron chi connectivity index (χ3n) is 4.76. The highest BCUT2D eigenvalue weighted by atomic mass is 16.5. The molecule has 1 aliphatic rings. The summed E-state index contributed by atoms with van der Waals surface area (Å²) in [5, 5.41) is 2.57. The van der Waals surface area contributed by atoms with Gasteiger partial charge in [0.2, 0.25) is 5.91 Å². The van der Waals surface area contributed by atoms with E-state index >= 15 is 0 Å². The third kappa shape index (κ3) is 4.95.